The lowest BCUT2D eigenvalue weighted by atomic mass is 10.1. The zero-order valence-corrected chi connectivity index (χ0v) is 12.6. The maximum atomic E-state index is 11.9. The van der Waals surface area contributed by atoms with Gasteiger partial charge in [-0.2, -0.15) is 5.10 Å². The maximum Gasteiger partial charge on any atom is 0.315 e. The summed E-state index contributed by atoms with van der Waals surface area (Å²) in [5, 5.41) is 12.5. The van der Waals surface area contributed by atoms with Crippen molar-refractivity contribution in [2.45, 2.75) is 45.7 Å². The van der Waals surface area contributed by atoms with Gasteiger partial charge in [-0.25, -0.2) is 9.78 Å². The minimum atomic E-state index is -0.257. The van der Waals surface area contributed by atoms with E-state index in [0.717, 1.165) is 18.7 Å². The average molecular weight is 294 g/mol. The topological polar surface area (TPSA) is 103 Å². The number of H-pyrrole nitrogens is 1. The molecule has 8 heteroatoms. The van der Waals surface area contributed by atoms with Crippen molar-refractivity contribution in [3.8, 4) is 0 Å². The SMILES string of the molecule is CC(=O)N1CCC(NC(=O)NC(C)c2n[nH]c(C)n2)CC1. The average Bonchev–Trinajstić information content (AvgIpc) is 2.86. The molecule has 1 unspecified atom stereocenters. The quantitative estimate of drug-likeness (QED) is 0.754. The van der Waals surface area contributed by atoms with E-state index >= 15 is 0 Å². The van der Waals surface area contributed by atoms with Gasteiger partial charge in [0.05, 0.1) is 6.04 Å². The molecule has 1 aromatic heterocycles. The third-order valence-corrected chi connectivity index (χ3v) is 3.62. The van der Waals surface area contributed by atoms with Crippen molar-refractivity contribution in [3.63, 3.8) is 0 Å². The van der Waals surface area contributed by atoms with Gasteiger partial charge < -0.3 is 15.5 Å². The number of nitrogens with zero attached hydrogens (tertiary/aromatic N) is 3. The second-order valence-corrected chi connectivity index (χ2v) is 5.40. The lowest BCUT2D eigenvalue weighted by molar-refractivity contribution is -0.129. The number of likely N-dealkylation sites (tertiary alicyclic amines) is 1. The van der Waals surface area contributed by atoms with Crippen molar-refractivity contribution in [1.82, 2.24) is 30.7 Å². The summed E-state index contributed by atoms with van der Waals surface area (Å²) in [7, 11) is 0. The van der Waals surface area contributed by atoms with E-state index in [-0.39, 0.29) is 24.0 Å². The van der Waals surface area contributed by atoms with E-state index in [1.807, 2.05) is 13.8 Å². The summed E-state index contributed by atoms with van der Waals surface area (Å²) in [4.78, 5) is 29.2. The molecule has 0 radical (unpaired) electrons. The van der Waals surface area contributed by atoms with Crippen molar-refractivity contribution in [3.05, 3.63) is 11.6 Å². The van der Waals surface area contributed by atoms with Gasteiger partial charge >= 0.3 is 6.03 Å². The number of hydrogen-bond acceptors (Lipinski definition) is 4. The lowest BCUT2D eigenvalue weighted by Gasteiger charge is -2.31. The first kappa shape index (κ1) is 15.3. The Bertz CT molecular complexity index is 507. The number of urea groups is 1. The van der Waals surface area contributed by atoms with Crippen LogP contribution in [0.3, 0.4) is 0 Å². The number of hydrogen-bond donors (Lipinski definition) is 3. The molecule has 1 aromatic rings. The zero-order chi connectivity index (χ0) is 15.4. The number of amides is 3. The largest absolute Gasteiger partial charge is 0.343 e. The molecule has 21 heavy (non-hydrogen) atoms. The monoisotopic (exact) mass is 294 g/mol. The van der Waals surface area contributed by atoms with Gasteiger partial charge in [-0.1, -0.05) is 0 Å². The molecule has 0 saturated carbocycles. The normalized spacial score (nSPS) is 17.4. The second-order valence-electron chi connectivity index (χ2n) is 5.40. The van der Waals surface area contributed by atoms with Gasteiger partial charge in [0.15, 0.2) is 5.82 Å². The number of aromatic nitrogens is 3. The number of carbonyl (C=O) groups is 2. The molecular formula is C13H22N6O2. The van der Waals surface area contributed by atoms with Crippen LogP contribution in [0.1, 0.15) is 44.4 Å². The molecule has 3 amide bonds. The summed E-state index contributed by atoms with van der Waals surface area (Å²) < 4.78 is 0. The summed E-state index contributed by atoms with van der Waals surface area (Å²) in [6.45, 7) is 6.60. The van der Waals surface area contributed by atoms with Crippen LogP contribution in [-0.4, -0.2) is 51.2 Å². The summed E-state index contributed by atoms with van der Waals surface area (Å²) in [5.74, 6) is 1.37. The lowest BCUT2D eigenvalue weighted by Crippen LogP contribution is -2.49. The Balaban J connectivity index is 1.76. The first-order valence-corrected chi connectivity index (χ1v) is 7.17. The highest BCUT2D eigenvalue weighted by molar-refractivity contribution is 5.75. The Morgan fingerprint density at radius 1 is 1.38 bits per heavy atom. The van der Waals surface area contributed by atoms with Crippen molar-refractivity contribution in [2.24, 2.45) is 0 Å². The number of carbonyl (C=O) groups excluding carboxylic acids is 2. The Hall–Kier alpha value is -2.12. The second kappa shape index (κ2) is 6.55. The third kappa shape index (κ3) is 4.17. The Kier molecular flexibility index (Phi) is 4.77. The molecule has 2 heterocycles. The molecule has 0 aliphatic carbocycles. The van der Waals surface area contributed by atoms with E-state index in [0.29, 0.717) is 18.9 Å². The molecule has 3 N–H and O–H groups in total. The van der Waals surface area contributed by atoms with Gasteiger partial charge in [-0.15, -0.1) is 0 Å². The van der Waals surface area contributed by atoms with Crippen LogP contribution < -0.4 is 10.6 Å². The predicted molar refractivity (Wildman–Crippen MR) is 76.5 cm³/mol. The molecule has 116 valence electrons. The van der Waals surface area contributed by atoms with Crippen LogP contribution >= 0.6 is 0 Å². The van der Waals surface area contributed by atoms with E-state index in [2.05, 4.69) is 25.8 Å². The minimum Gasteiger partial charge on any atom is -0.343 e. The van der Waals surface area contributed by atoms with Crippen LogP contribution in [0, 0.1) is 6.92 Å². The van der Waals surface area contributed by atoms with Crippen LogP contribution in [0.4, 0.5) is 4.79 Å². The highest BCUT2D eigenvalue weighted by atomic mass is 16.2. The molecule has 1 atom stereocenters. The van der Waals surface area contributed by atoms with Crippen LogP contribution in [-0.2, 0) is 4.79 Å². The zero-order valence-electron chi connectivity index (χ0n) is 12.6. The first-order chi connectivity index (χ1) is 9.95. The van der Waals surface area contributed by atoms with Gasteiger partial charge in [0, 0.05) is 26.1 Å². The van der Waals surface area contributed by atoms with E-state index in [9.17, 15) is 9.59 Å². The van der Waals surface area contributed by atoms with E-state index < -0.39 is 0 Å². The fraction of sp³-hybridized carbons (Fsp3) is 0.692. The molecule has 1 aliphatic rings. The molecule has 1 aliphatic heterocycles. The van der Waals surface area contributed by atoms with Gasteiger partial charge in [-0.3, -0.25) is 9.89 Å². The highest BCUT2D eigenvalue weighted by Gasteiger charge is 2.22. The molecular weight excluding hydrogens is 272 g/mol. The van der Waals surface area contributed by atoms with Gasteiger partial charge in [0.1, 0.15) is 5.82 Å². The van der Waals surface area contributed by atoms with Crippen LogP contribution in [0.25, 0.3) is 0 Å². The van der Waals surface area contributed by atoms with Gasteiger partial charge in [0.2, 0.25) is 5.91 Å². The van der Waals surface area contributed by atoms with E-state index in [4.69, 9.17) is 0 Å². The molecule has 0 aromatic carbocycles. The molecule has 0 bridgehead atoms. The van der Waals surface area contributed by atoms with Crippen LogP contribution in [0.2, 0.25) is 0 Å². The number of aryl methyl sites for hydroxylation is 1. The molecule has 1 saturated heterocycles. The molecule has 2 rings (SSSR count). The van der Waals surface area contributed by atoms with Crippen LogP contribution in [0.5, 0.6) is 0 Å². The van der Waals surface area contributed by atoms with Crippen molar-refractivity contribution >= 4 is 11.9 Å². The van der Waals surface area contributed by atoms with E-state index in [1.54, 1.807) is 11.8 Å². The Morgan fingerprint density at radius 3 is 2.57 bits per heavy atom. The standard InChI is InChI=1S/C13H22N6O2/c1-8(12-15-9(2)17-18-12)14-13(21)16-11-4-6-19(7-5-11)10(3)20/h8,11H,4-7H2,1-3H3,(H2,14,16,21)(H,15,17,18). The van der Waals surface area contributed by atoms with Crippen molar-refractivity contribution in [1.29, 1.82) is 0 Å². The van der Waals surface area contributed by atoms with Gasteiger partial charge in [-0.05, 0) is 26.7 Å². The van der Waals surface area contributed by atoms with Gasteiger partial charge in [0.25, 0.3) is 0 Å². The fourth-order valence-corrected chi connectivity index (χ4v) is 2.38. The van der Waals surface area contributed by atoms with E-state index in [1.165, 1.54) is 0 Å². The number of rotatable bonds is 3. The highest BCUT2D eigenvalue weighted by Crippen LogP contribution is 2.11. The maximum absolute atomic E-state index is 11.9. The third-order valence-electron chi connectivity index (χ3n) is 3.62. The molecule has 8 nitrogen and oxygen atoms in total. The van der Waals surface area contributed by atoms with Crippen molar-refractivity contribution < 1.29 is 9.59 Å². The summed E-state index contributed by atoms with van der Waals surface area (Å²) in [5.41, 5.74) is 0. The number of nitrogens with one attached hydrogen (secondary N) is 3. The minimum absolute atomic E-state index is 0.0894. The summed E-state index contributed by atoms with van der Waals surface area (Å²) in [6.07, 6.45) is 1.56. The summed E-state index contributed by atoms with van der Waals surface area (Å²) in [6, 6.07) is -0.389. The smallest absolute Gasteiger partial charge is 0.315 e. The van der Waals surface area contributed by atoms with Crippen molar-refractivity contribution in [2.75, 3.05) is 13.1 Å². The summed E-state index contributed by atoms with van der Waals surface area (Å²) >= 11 is 0. The number of piperidine rings is 1. The number of aromatic amines is 1. The molecule has 0 spiro atoms. The fourth-order valence-electron chi connectivity index (χ4n) is 2.38. The van der Waals surface area contributed by atoms with Crippen LogP contribution in [0.15, 0.2) is 0 Å². The Morgan fingerprint density at radius 2 is 2.05 bits per heavy atom. The predicted octanol–water partition coefficient (Wildman–Crippen LogP) is 0.484. The first-order valence-electron chi connectivity index (χ1n) is 7.17. The Labute approximate surface area is 123 Å². The molecule has 1 fully saturated rings.